The molecule has 0 saturated carbocycles. The Morgan fingerprint density at radius 1 is 1.64 bits per heavy atom. The summed E-state index contributed by atoms with van der Waals surface area (Å²) in [5, 5.41) is 14.9. The summed E-state index contributed by atoms with van der Waals surface area (Å²) in [6.45, 7) is 2.57. The van der Waals surface area contributed by atoms with E-state index in [-0.39, 0.29) is 6.61 Å². The van der Waals surface area contributed by atoms with E-state index in [1.165, 1.54) is 0 Å². The molecule has 0 aliphatic heterocycles. The first-order chi connectivity index (χ1) is 5.33. The molecule has 2 N–H and O–H groups in total. The number of anilines is 1. The van der Waals surface area contributed by atoms with Crippen molar-refractivity contribution >= 4 is 6.01 Å². The maximum Gasteiger partial charge on any atom is 0.321 e. The van der Waals surface area contributed by atoms with Crippen molar-refractivity contribution in [3.05, 3.63) is 5.82 Å². The summed E-state index contributed by atoms with van der Waals surface area (Å²) in [7, 11) is 0. The molecule has 62 valence electrons. The summed E-state index contributed by atoms with van der Waals surface area (Å²) in [5.74, 6) is 0.608. The molecule has 0 bridgehead atoms. The fourth-order valence-electron chi connectivity index (χ4n) is 0.643. The van der Waals surface area contributed by atoms with E-state index in [9.17, 15) is 0 Å². The number of aliphatic hydroxyl groups is 1. The number of nitrogens with zero attached hydrogens (tertiary/aromatic N) is 2. The van der Waals surface area contributed by atoms with Gasteiger partial charge in [0.15, 0.2) is 5.82 Å². The van der Waals surface area contributed by atoms with Gasteiger partial charge in [-0.2, -0.15) is 4.98 Å². The second-order valence-electron chi connectivity index (χ2n) is 2.15. The first-order valence-corrected chi connectivity index (χ1v) is 3.48. The molecular formula is C6H11N3O2. The first kappa shape index (κ1) is 8.00. The molecule has 1 aromatic rings. The molecule has 11 heavy (non-hydrogen) atoms. The molecule has 0 aliphatic carbocycles. The van der Waals surface area contributed by atoms with E-state index in [1.54, 1.807) is 6.92 Å². The molecule has 0 saturated heterocycles. The van der Waals surface area contributed by atoms with Crippen LogP contribution in [0.5, 0.6) is 0 Å². The Hall–Kier alpha value is -1.10. The Kier molecular flexibility index (Phi) is 2.85. The maximum atomic E-state index is 8.44. The van der Waals surface area contributed by atoms with Crippen LogP contribution in [-0.2, 0) is 0 Å². The minimum absolute atomic E-state index is 0.167. The van der Waals surface area contributed by atoms with E-state index in [4.69, 9.17) is 9.63 Å². The lowest BCUT2D eigenvalue weighted by molar-refractivity contribution is 0.292. The van der Waals surface area contributed by atoms with E-state index >= 15 is 0 Å². The smallest absolute Gasteiger partial charge is 0.321 e. The number of aromatic nitrogens is 2. The van der Waals surface area contributed by atoms with Gasteiger partial charge in [-0.3, -0.25) is 0 Å². The van der Waals surface area contributed by atoms with Crippen LogP contribution < -0.4 is 5.32 Å². The van der Waals surface area contributed by atoms with Crippen LogP contribution in [0.2, 0.25) is 0 Å². The molecule has 0 fully saturated rings. The standard InChI is InChI=1S/C6H11N3O2/c1-5-8-6(11-9-5)7-3-2-4-10/h10H,2-4H2,1H3,(H,7,8,9). The van der Waals surface area contributed by atoms with Gasteiger partial charge in [0.05, 0.1) is 0 Å². The summed E-state index contributed by atoms with van der Waals surface area (Å²) in [6, 6.07) is 0.413. The second kappa shape index (κ2) is 3.92. The van der Waals surface area contributed by atoms with Crippen LogP contribution in [0.4, 0.5) is 6.01 Å². The van der Waals surface area contributed by atoms with Crippen molar-refractivity contribution in [2.24, 2.45) is 0 Å². The molecule has 1 aromatic heterocycles. The van der Waals surface area contributed by atoms with Crippen molar-refractivity contribution in [2.75, 3.05) is 18.5 Å². The third-order valence-electron chi connectivity index (χ3n) is 1.14. The molecule has 0 unspecified atom stereocenters. The molecule has 0 atom stereocenters. The van der Waals surface area contributed by atoms with Crippen LogP contribution in [0.1, 0.15) is 12.2 Å². The van der Waals surface area contributed by atoms with Gasteiger partial charge in [0.1, 0.15) is 0 Å². The second-order valence-corrected chi connectivity index (χ2v) is 2.15. The van der Waals surface area contributed by atoms with Gasteiger partial charge in [0.25, 0.3) is 0 Å². The van der Waals surface area contributed by atoms with Gasteiger partial charge >= 0.3 is 6.01 Å². The molecule has 5 nitrogen and oxygen atoms in total. The number of aliphatic hydroxyl groups excluding tert-OH is 1. The van der Waals surface area contributed by atoms with Crippen LogP contribution >= 0.6 is 0 Å². The number of nitrogens with one attached hydrogen (secondary N) is 1. The average molecular weight is 157 g/mol. The Morgan fingerprint density at radius 2 is 2.45 bits per heavy atom. The number of aryl methyl sites for hydroxylation is 1. The highest BCUT2D eigenvalue weighted by atomic mass is 16.5. The highest BCUT2D eigenvalue weighted by molar-refractivity contribution is 5.17. The first-order valence-electron chi connectivity index (χ1n) is 3.48. The van der Waals surface area contributed by atoms with Crippen molar-refractivity contribution < 1.29 is 9.63 Å². The van der Waals surface area contributed by atoms with Crippen molar-refractivity contribution in [2.45, 2.75) is 13.3 Å². The number of hydrogen-bond acceptors (Lipinski definition) is 5. The van der Waals surface area contributed by atoms with Crippen LogP contribution in [0, 0.1) is 6.92 Å². The normalized spacial score (nSPS) is 10.0. The Morgan fingerprint density at radius 3 is 3.00 bits per heavy atom. The summed E-state index contributed by atoms with van der Waals surface area (Å²) >= 11 is 0. The maximum absolute atomic E-state index is 8.44. The zero-order valence-electron chi connectivity index (χ0n) is 6.37. The Bertz CT molecular complexity index is 211. The predicted octanol–water partition coefficient (Wildman–Crippen LogP) is 0.172. The molecule has 1 rings (SSSR count). The van der Waals surface area contributed by atoms with E-state index in [1.807, 2.05) is 0 Å². The lowest BCUT2D eigenvalue weighted by atomic mass is 10.5. The molecule has 0 aromatic carbocycles. The van der Waals surface area contributed by atoms with Crippen molar-refractivity contribution in [3.8, 4) is 0 Å². The fourth-order valence-corrected chi connectivity index (χ4v) is 0.643. The predicted molar refractivity (Wildman–Crippen MR) is 39.2 cm³/mol. The molecule has 0 amide bonds. The van der Waals surface area contributed by atoms with Crippen LogP contribution in [0.25, 0.3) is 0 Å². The summed E-state index contributed by atoms with van der Waals surface area (Å²) in [5.41, 5.74) is 0. The minimum Gasteiger partial charge on any atom is -0.396 e. The number of hydrogen-bond donors (Lipinski definition) is 2. The van der Waals surface area contributed by atoms with Gasteiger partial charge in [-0.15, -0.1) is 0 Å². The Labute approximate surface area is 64.4 Å². The fraction of sp³-hybridized carbons (Fsp3) is 0.667. The van der Waals surface area contributed by atoms with Crippen LogP contribution in [0.3, 0.4) is 0 Å². The minimum atomic E-state index is 0.167. The van der Waals surface area contributed by atoms with E-state index in [2.05, 4.69) is 15.5 Å². The monoisotopic (exact) mass is 157 g/mol. The zero-order chi connectivity index (χ0) is 8.10. The van der Waals surface area contributed by atoms with Crippen molar-refractivity contribution in [1.82, 2.24) is 10.1 Å². The molecule has 1 heterocycles. The van der Waals surface area contributed by atoms with Crippen LogP contribution in [-0.4, -0.2) is 28.4 Å². The third-order valence-corrected chi connectivity index (χ3v) is 1.14. The van der Waals surface area contributed by atoms with Gasteiger partial charge in [0.2, 0.25) is 0 Å². The van der Waals surface area contributed by atoms with Gasteiger partial charge < -0.3 is 14.9 Å². The highest BCUT2D eigenvalue weighted by Gasteiger charge is 1.98. The summed E-state index contributed by atoms with van der Waals surface area (Å²) < 4.78 is 4.76. The molecule has 0 aliphatic rings. The van der Waals surface area contributed by atoms with Gasteiger partial charge in [0, 0.05) is 13.2 Å². The lowest BCUT2D eigenvalue weighted by Gasteiger charge is -1.95. The Balaban J connectivity index is 2.27. The third kappa shape index (κ3) is 2.55. The summed E-state index contributed by atoms with van der Waals surface area (Å²) in [4.78, 5) is 3.91. The quantitative estimate of drug-likeness (QED) is 0.610. The van der Waals surface area contributed by atoms with Crippen molar-refractivity contribution in [3.63, 3.8) is 0 Å². The average Bonchev–Trinajstić information content (AvgIpc) is 2.37. The molecule has 0 spiro atoms. The van der Waals surface area contributed by atoms with Gasteiger partial charge in [-0.1, -0.05) is 5.16 Å². The lowest BCUT2D eigenvalue weighted by Crippen LogP contribution is -2.03. The topological polar surface area (TPSA) is 71.2 Å². The van der Waals surface area contributed by atoms with Crippen molar-refractivity contribution in [1.29, 1.82) is 0 Å². The zero-order valence-corrected chi connectivity index (χ0v) is 6.37. The summed E-state index contributed by atoms with van der Waals surface area (Å²) in [6.07, 6.45) is 0.682. The molecule has 5 heteroatoms. The van der Waals surface area contributed by atoms with E-state index in [0.29, 0.717) is 24.8 Å². The van der Waals surface area contributed by atoms with Gasteiger partial charge in [-0.25, -0.2) is 0 Å². The SMILES string of the molecule is Cc1noc(NCCCO)n1. The molecular weight excluding hydrogens is 146 g/mol. The molecule has 0 radical (unpaired) electrons. The van der Waals surface area contributed by atoms with Gasteiger partial charge in [-0.05, 0) is 13.3 Å². The van der Waals surface area contributed by atoms with E-state index in [0.717, 1.165) is 0 Å². The highest BCUT2D eigenvalue weighted by Crippen LogP contribution is 2.00. The van der Waals surface area contributed by atoms with Crippen LogP contribution in [0.15, 0.2) is 4.52 Å². The number of rotatable bonds is 4. The van der Waals surface area contributed by atoms with E-state index < -0.39 is 0 Å². The largest absolute Gasteiger partial charge is 0.396 e.